The summed E-state index contributed by atoms with van der Waals surface area (Å²) >= 11 is 1.49. The van der Waals surface area contributed by atoms with Crippen molar-refractivity contribution in [3.63, 3.8) is 0 Å². The van der Waals surface area contributed by atoms with E-state index in [9.17, 15) is 4.79 Å². The van der Waals surface area contributed by atoms with Gasteiger partial charge in [-0.05, 0) is 53.5 Å². The van der Waals surface area contributed by atoms with Gasteiger partial charge < -0.3 is 4.74 Å². The fourth-order valence-electron chi connectivity index (χ4n) is 3.17. The maximum absolute atomic E-state index is 13.2. The number of rotatable bonds is 6. The molecular formula is C25H22N2O2S. The molecule has 3 aromatic carbocycles. The predicted molar refractivity (Wildman–Crippen MR) is 125 cm³/mol. The first-order valence-electron chi connectivity index (χ1n) is 9.78. The summed E-state index contributed by atoms with van der Waals surface area (Å²) in [4.78, 5) is 17.8. The largest absolute Gasteiger partial charge is 0.497 e. The summed E-state index contributed by atoms with van der Waals surface area (Å²) in [5.41, 5.74) is 4.50. The summed E-state index contributed by atoms with van der Waals surface area (Å²) in [6.45, 7) is 2.13. The molecule has 5 heteroatoms. The van der Waals surface area contributed by atoms with Crippen molar-refractivity contribution in [3.8, 4) is 5.75 Å². The number of fused-ring (bicyclic) bond motifs is 1. The lowest BCUT2D eigenvalue weighted by atomic mass is 10.0. The quantitative estimate of drug-likeness (QED) is 0.309. The maximum atomic E-state index is 13.2. The van der Waals surface area contributed by atoms with Gasteiger partial charge in [-0.15, -0.1) is 0 Å². The lowest BCUT2D eigenvalue weighted by Crippen LogP contribution is -2.13. The Labute approximate surface area is 179 Å². The molecule has 4 nitrogen and oxygen atoms in total. The van der Waals surface area contributed by atoms with Gasteiger partial charge in [-0.2, -0.15) is 0 Å². The van der Waals surface area contributed by atoms with Gasteiger partial charge in [0.1, 0.15) is 5.75 Å². The van der Waals surface area contributed by atoms with E-state index in [4.69, 9.17) is 4.74 Å². The minimum absolute atomic E-state index is 0.188. The summed E-state index contributed by atoms with van der Waals surface area (Å²) in [5, 5.41) is 3.58. The van der Waals surface area contributed by atoms with Crippen LogP contribution in [0.2, 0.25) is 0 Å². The van der Waals surface area contributed by atoms with E-state index >= 15 is 0 Å². The molecule has 0 saturated carbocycles. The van der Waals surface area contributed by atoms with Gasteiger partial charge in [0.15, 0.2) is 5.13 Å². The van der Waals surface area contributed by atoms with Crippen molar-refractivity contribution in [1.29, 1.82) is 0 Å². The second kappa shape index (κ2) is 8.93. The van der Waals surface area contributed by atoms with Crippen LogP contribution in [0.1, 0.15) is 23.6 Å². The van der Waals surface area contributed by atoms with Crippen molar-refractivity contribution in [2.75, 3.05) is 12.4 Å². The Morgan fingerprint density at radius 2 is 1.83 bits per heavy atom. The molecule has 4 rings (SSSR count). The molecule has 0 aliphatic rings. The molecular weight excluding hydrogens is 392 g/mol. The lowest BCUT2D eigenvalue weighted by molar-refractivity contribution is -0.111. The van der Waals surface area contributed by atoms with E-state index in [1.165, 1.54) is 16.9 Å². The number of nitrogens with zero attached hydrogens (tertiary/aromatic N) is 1. The number of anilines is 1. The first-order chi connectivity index (χ1) is 14.7. The van der Waals surface area contributed by atoms with Gasteiger partial charge in [0, 0.05) is 5.57 Å². The highest BCUT2D eigenvalue weighted by molar-refractivity contribution is 7.22. The van der Waals surface area contributed by atoms with Crippen molar-refractivity contribution >= 4 is 44.2 Å². The molecule has 0 saturated heterocycles. The third-order valence-corrected chi connectivity index (χ3v) is 5.77. The Morgan fingerprint density at radius 1 is 1.07 bits per heavy atom. The predicted octanol–water partition coefficient (Wildman–Crippen LogP) is 6.05. The molecule has 4 aromatic rings. The van der Waals surface area contributed by atoms with Crippen molar-refractivity contribution in [1.82, 2.24) is 4.98 Å². The molecule has 1 aromatic heterocycles. The second-order valence-corrected chi connectivity index (χ2v) is 7.86. The zero-order valence-corrected chi connectivity index (χ0v) is 17.7. The van der Waals surface area contributed by atoms with Crippen LogP contribution in [0, 0.1) is 0 Å². The number of carbonyl (C=O) groups is 1. The van der Waals surface area contributed by atoms with Gasteiger partial charge in [-0.25, -0.2) is 4.98 Å². The molecule has 0 aliphatic heterocycles. The zero-order chi connectivity index (χ0) is 20.9. The average Bonchev–Trinajstić information content (AvgIpc) is 3.19. The van der Waals surface area contributed by atoms with E-state index in [0.29, 0.717) is 10.7 Å². The summed E-state index contributed by atoms with van der Waals surface area (Å²) in [6, 6.07) is 23.5. The van der Waals surface area contributed by atoms with Crippen molar-refractivity contribution in [2.24, 2.45) is 0 Å². The number of amides is 1. The minimum Gasteiger partial charge on any atom is -0.497 e. The highest BCUT2D eigenvalue weighted by atomic mass is 32.1. The fourth-order valence-corrected chi connectivity index (χ4v) is 4.10. The van der Waals surface area contributed by atoms with Crippen LogP contribution in [-0.4, -0.2) is 18.0 Å². The highest BCUT2D eigenvalue weighted by Gasteiger charge is 2.15. The van der Waals surface area contributed by atoms with Crippen LogP contribution in [0.15, 0.2) is 72.8 Å². The van der Waals surface area contributed by atoms with Crippen LogP contribution < -0.4 is 10.1 Å². The van der Waals surface area contributed by atoms with Gasteiger partial charge in [-0.3, -0.25) is 10.1 Å². The van der Waals surface area contributed by atoms with Gasteiger partial charge in [0.25, 0.3) is 5.91 Å². The first-order valence-corrected chi connectivity index (χ1v) is 10.6. The van der Waals surface area contributed by atoms with Crippen LogP contribution in [-0.2, 0) is 11.2 Å². The van der Waals surface area contributed by atoms with Crippen molar-refractivity contribution in [3.05, 3.63) is 89.5 Å². The number of thiazole rings is 1. The Hall–Kier alpha value is -3.44. The normalized spacial score (nSPS) is 11.5. The summed E-state index contributed by atoms with van der Waals surface area (Å²) in [5.74, 6) is 0.588. The Morgan fingerprint density at radius 3 is 2.53 bits per heavy atom. The molecule has 0 bridgehead atoms. The number of aromatic nitrogens is 1. The number of carbonyl (C=O) groups excluding carboxylic acids is 1. The van der Waals surface area contributed by atoms with Crippen LogP contribution in [0.4, 0.5) is 5.13 Å². The van der Waals surface area contributed by atoms with Crippen LogP contribution >= 0.6 is 11.3 Å². The third-order valence-electron chi connectivity index (χ3n) is 4.84. The van der Waals surface area contributed by atoms with E-state index in [-0.39, 0.29) is 5.91 Å². The standard InChI is InChI=1S/C25H22N2O2S/c1-3-17-11-14-22-23(16-17)30-25(26-22)27-24(28)21(19-7-5-4-6-8-19)15-18-9-12-20(29-2)13-10-18/h4-16H,3H2,1-2H3,(H,26,27,28)/b21-15+. The van der Waals surface area contributed by atoms with Crippen LogP contribution in [0.5, 0.6) is 5.75 Å². The molecule has 0 atom stereocenters. The summed E-state index contributed by atoms with van der Waals surface area (Å²) in [6.07, 6.45) is 2.85. The van der Waals surface area contributed by atoms with E-state index in [1.807, 2.05) is 66.7 Å². The molecule has 0 unspecified atom stereocenters. The SMILES string of the molecule is CCc1ccc2nc(NC(=O)/C(=C/c3ccc(OC)cc3)c3ccccc3)sc2c1. The Bertz CT molecular complexity index is 1200. The first kappa shape index (κ1) is 19.9. The van der Waals surface area contributed by atoms with E-state index in [2.05, 4.69) is 29.4 Å². The smallest absolute Gasteiger partial charge is 0.258 e. The number of nitrogens with one attached hydrogen (secondary N) is 1. The monoisotopic (exact) mass is 414 g/mol. The third kappa shape index (κ3) is 4.42. The zero-order valence-electron chi connectivity index (χ0n) is 16.9. The molecule has 150 valence electrons. The topological polar surface area (TPSA) is 51.2 Å². The lowest BCUT2D eigenvalue weighted by Gasteiger charge is -2.08. The number of aryl methyl sites for hydroxylation is 1. The minimum atomic E-state index is -0.188. The van der Waals surface area contributed by atoms with Gasteiger partial charge in [0.2, 0.25) is 0 Å². The molecule has 0 fully saturated rings. The molecule has 1 heterocycles. The number of ether oxygens (including phenoxy) is 1. The molecule has 1 N–H and O–H groups in total. The second-order valence-electron chi connectivity index (χ2n) is 6.83. The Kier molecular flexibility index (Phi) is 5.91. The number of benzene rings is 3. The fraction of sp³-hybridized carbons (Fsp3) is 0.120. The van der Waals surface area contributed by atoms with E-state index < -0.39 is 0 Å². The van der Waals surface area contributed by atoms with Crippen molar-refractivity contribution in [2.45, 2.75) is 13.3 Å². The average molecular weight is 415 g/mol. The van der Waals surface area contributed by atoms with Crippen molar-refractivity contribution < 1.29 is 9.53 Å². The highest BCUT2D eigenvalue weighted by Crippen LogP contribution is 2.29. The summed E-state index contributed by atoms with van der Waals surface area (Å²) in [7, 11) is 1.63. The van der Waals surface area contributed by atoms with Gasteiger partial charge in [-0.1, -0.05) is 66.8 Å². The number of methoxy groups -OCH3 is 1. The van der Waals surface area contributed by atoms with E-state index in [1.54, 1.807) is 7.11 Å². The molecule has 0 aliphatic carbocycles. The Balaban J connectivity index is 1.66. The number of hydrogen-bond donors (Lipinski definition) is 1. The van der Waals surface area contributed by atoms with E-state index in [0.717, 1.165) is 33.5 Å². The van der Waals surface area contributed by atoms with Gasteiger partial charge in [0.05, 0.1) is 17.3 Å². The van der Waals surface area contributed by atoms with Crippen LogP contribution in [0.3, 0.4) is 0 Å². The molecule has 30 heavy (non-hydrogen) atoms. The summed E-state index contributed by atoms with van der Waals surface area (Å²) < 4.78 is 6.30. The molecule has 0 spiro atoms. The van der Waals surface area contributed by atoms with Crippen LogP contribution in [0.25, 0.3) is 21.9 Å². The molecule has 1 amide bonds. The molecule has 0 radical (unpaired) electrons. The number of hydrogen-bond acceptors (Lipinski definition) is 4. The van der Waals surface area contributed by atoms with Gasteiger partial charge >= 0.3 is 0 Å². The maximum Gasteiger partial charge on any atom is 0.258 e.